The van der Waals surface area contributed by atoms with Crippen molar-refractivity contribution in [3.8, 4) is 0 Å². The first kappa shape index (κ1) is 34.6. The fourth-order valence-electron chi connectivity index (χ4n) is 1.87. The lowest BCUT2D eigenvalue weighted by molar-refractivity contribution is -0.149. The molecule has 0 amide bonds. The minimum absolute atomic E-state index is 0.123. The van der Waals surface area contributed by atoms with Gasteiger partial charge in [-0.3, -0.25) is 9.59 Å². The average Bonchev–Trinajstić information content (AvgIpc) is 3.78. The minimum Gasteiger partial charge on any atom is -0.481 e. The SMILES string of the molecule is CC1(C(=O)Cl)CC1.CC1(C(=O)O)CC1.CCOC(=O)/C(N)=N/O.CCOC(=O)/C(N)=N/OC(=O)C1(C)CC1. The Kier molecular flexibility index (Phi) is 13.7. The number of carboxylic acid groups (broad SMARTS) is 1. The second kappa shape index (κ2) is 15.1. The van der Waals surface area contributed by atoms with Crippen LogP contribution in [0.1, 0.15) is 73.1 Å². The summed E-state index contributed by atoms with van der Waals surface area (Å²) in [4.78, 5) is 57.5. The number of nitrogens with zero attached hydrogens (tertiary/aromatic N) is 2. The van der Waals surface area contributed by atoms with Gasteiger partial charge in [-0.2, -0.15) is 0 Å². The number of amidine groups is 2. The van der Waals surface area contributed by atoms with Gasteiger partial charge in [0.1, 0.15) is 0 Å². The highest BCUT2D eigenvalue weighted by Crippen LogP contribution is 2.47. The molecule has 0 aromatic rings. The molecule has 3 aliphatic carbocycles. The molecule has 216 valence electrons. The largest absolute Gasteiger partial charge is 0.481 e. The number of hydrogen-bond acceptors (Lipinski definition) is 11. The Labute approximate surface area is 225 Å². The summed E-state index contributed by atoms with van der Waals surface area (Å²) in [6.07, 6.45) is 5.25. The third-order valence-corrected chi connectivity index (χ3v) is 6.24. The van der Waals surface area contributed by atoms with E-state index in [1.165, 1.54) is 0 Å². The predicted octanol–water partition coefficient (Wildman–Crippen LogP) is 1.88. The zero-order valence-electron chi connectivity index (χ0n) is 22.2. The molecule has 0 heterocycles. The normalized spacial score (nSPS) is 18.7. The zero-order valence-corrected chi connectivity index (χ0v) is 23.0. The Balaban J connectivity index is 0.000000510. The van der Waals surface area contributed by atoms with E-state index in [1.54, 1.807) is 27.7 Å². The molecule has 0 aromatic carbocycles. The number of aliphatic carboxylic acids is 1. The van der Waals surface area contributed by atoms with Crippen molar-refractivity contribution < 1.29 is 48.6 Å². The van der Waals surface area contributed by atoms with Gasteiger partial charge in [0.2, 0.25) is 16.9 Å². The van der Waals surface area contributed by atoms with E-state index in [0.717, 1.165) is 38.5 Å². The molecule has 0 atom stereocenters. The summed E-state index contributed by atoms with van der Waals surface area (Å²) in [5.41, 5.74) is 9.14. The molecule has 3 fully saturated rings. The van der Waals surface area contributed by atoms with Gasteiger partial charge in [0.15, 0.2) is 0 Å². The molecule has 0 spiro atoms. The number of hydrogen-bond donors (Lipinski definition) is 4. The lowest BCUT2D eigenvalue weighted by Gasteiger charge is -2.04. The predicted molar refractivity (Wildman–Crippen MR) is 135 cm³/mol. The van der Waals surface area contributed by atoms with E-state index in [-0.39, 0.29) is 29.3 Å². The molecule has 3 aliphatic rings. The molecule has 0 aliphatic heterocycles. The fourth-order valence-corrected chi connectivity index (χ4v) is 2.06. The van der Waals surface area contributed by atoms with E-state index in [4.69, 9.17) is 33.4 Å². The lowest BCUT2D eigenvalue weighted by Crippen LogP contribution is -2.27. The van der Waals surface area contributed by atoms with Crippen LogP contribution < -0.4 is 11.5 Å². The van der Waals surface area contributed by atoms with Gasteiger partial charge in [0, 0.05) is 5.41 Å². The van der Waals surface area contributed by atoms with Crippen molar-refractivity contribution >= 4 is 52.4 Å². The Morgan fingerprint density at radius 2 is 1.18 bits per heavy atom. The Morgan fingerprint density at radius 3 is 1.42 bits per heavy atom. The van der Waals surface area contributed by atoms with Crippen LogP contribution in [-0.2, 0) is 38.3 Å². The molecule has 3 saturated carbocycles. The number of halogens is 1. The smallest absolute Gasteiger partial charge is 0.377 e. The van der Waals surface area contributed by atoms with Gasteiger partial charge in [0.25, 0.3) is 0 Å². The van der Waals surface area contributed by atoms with Gasteiger partial charge in [0.05, 0.1) is 24.0 Å². The van der Waals surface area contributed by atoms with E-state index in [1.807, 2.05) is 6.92 Å². The van der Waals surface area contributed by atoms with E-state index >= 15 is 0 Å². The molecule has 6 N–H and O–H groups in total. The molecule has 0 saturated heterocycles. The van der Waals surface area contributed by atoms with E-state index in [9.17, 15) is 24.0 Å². The van der Waals surface area contributed by atoms with E-state index in [0.29, 0.717) is 0 Å². The molecule has 0 aromatic heterocycles. The van der Waals surface area contributed by atoms with Gasteiger partial charge in [-0.1, -0.05) is 17.2 Å². The van der Waals surface area contributed by atoms with Crippen LogP contribution in [0.4, 0.5) is 0 Å². The third-order valence-electron chi connectivity index (χ3n) is 5.79. The average molecular weight is 565 g/mol. The third kappa shape index (κ3) is 12.7. The summed E-state index contributed by atoms with van der Waals surface area (Å²) in [6, 6.07) is 0. The number of carbonyl (C=O) groups excluding carboxylic acids is 4. The van der Waals surface area contributed by atoms with Gasteiger partial charge in [-0.25, -0.2) is 14.4 Å². The maximum absolute atomic E-state index is 11.3. The molecule has 0 radical (unpaired) electrons. The Morgan fingerprint density at radius 1 is 0.789 bits per heavy atom. The monoisotopic (exact) mass is 564 g/mol. The van der Waals surface area contributed by atoms with Crippen molar-refractivity contribution in [2.24, 2.45) is 38.0 Å². The van der Waals surface area contributed by atoms with Crippen LogP contribution in [0, 0.1) is 16.2 Å². The minimum atomic E-state index is -0.806. The molecular weight excluding hydrogens is 528 g/mol. The number of nitrogens with two attached hydrogens (primary N) is 2. The number of rotatable bonds is 6. The van der Waals surface area contributed by atoms with Crippen LogP contribution in [0.2, 0.25) is 0 Å². The van der Waals surface area contributed by atoms with Crippen LogP contribution in [0.5, 0.6) is 0 Å². The standard InChI is InChI=1S/C9H14N2O4.C5H7ClO.C5H8O2.C4H8N2O3/c1-3-14-7(12)6(10)11-15-8(13)9(2)4-5-9;2*1-5(2-3-5)4(6)7;1-2-9-4(7)3(5)6-8/h3-5H2,1-2H3,(H2,10,11);2-3H2,1H3;2-3H2,1H3,(H,6,7);8H,2H2,1H3,(H2,5,6). The molecule has 0 unspecified atom stereocenters. The second-order valence-electron chi connectivity index (χ2n) is 9.54. The maximum Gasteiger partial charge on any atom is 0.377 e. The first-order chi connectivity index (χ1) is 17.5. The van der Waals surface area contributed by atoms with E-state index in [2.05, 4.69) is 24.6 Å². The summed E-state index contributed by atoms with van der Waals surface area (Å²) < 4.78 is 8.89. The molecular formula is C23H37ClN4O10. The Hall–Kier alpha value is -3.42. The number of esters is 2. The maximum atomic E-state index is 11.3. The van der Waals surface area contributed by atoms with Crippen molar-refractivity contribution in [3.05, 3.63) is 0 Å². The van der Waals surface area contributed by atoms with E-state index < -0.39 is 41.0 Å². The van der Waals surface area contributed by atoms with Crippen molar-refractivity contribution in [3.63, 3.8) is 0 Å². The first-order valence-corrected chi connectivity index (χ1v) is 12.2. The summed E-state index contributed by atoms with van der Waals surface area (Å²) in [6.45, 7) is 9.11. The van der Waals surface area contributed by atoms with Crippen LogP contribution in [0.15, 0.2) is 10.3 Å². The summed E-state index contributed by atoms with van der Waals surface area (Å²) in [5.74, 6) is -3.68. The van der Waals surface area contributed by atoms with Crippen molar-refractivity contribution in [1.29, 1.82) is 0 Å². The molecule has 0 bridgehead atoms. The number of carboxylic acids is 1. The second-order valence-corrected chi connectivity index (χ2v) is 9.89. The Bertz CT molecular complexity index is 910. The van der Waals surface area contributed by atoms with Crippen LogP contribution >= 0.6 is 11.6 Å². The zero-order chi connectivity index (χ0) is 29.7. The highest BCUT2D eigenvalue weighted by Gasteiger charge is 2.47. The van der Waals surface area contributed by atoms with Crippen LogP contribution in [0.25, 0.3) is 0 Å². The topological polar surface area (TPSA) is 230 Å². The molecule has 3 rings (SSSR count). The van der Waals surface area contributed by atoms with Gasteiger partial charge in [-0.05, 0) is 77.8 Å². The summed E-state index contributed by atoms with van der Waals surface area (Å²) >= 11 is 5.18. The van der Waals surface area contributed by atoms with Gasteiger partial charge in [-0.15, -0.1) is 0 Å². The highest BCUT2D eigenvalue weighted by molar-refractivity contribution is 6.65. The molecule has 14 nitrogen and oxygen atoms in total. The number of ether oxygens (including phenoxy) is 2. The van der Waals surface area contributed by atoms with Crippen molar-refractivity contribution in [2.75, 3.05) is 13.2 Å². The van der Waals surface area contributed by atoms with Crippen LogP contribution in [-0.4, -0.2) is 64.3 Å². The number of carbonyl (C=O) groups is 5. The first-order valence-electron chi connectivity index (χ1n) is 11.8. The fraction of sp³-hybridized carbons (Fsp3) is 0.696. The van der Waals surface area contributed by atoms with Crippen LogP contribution in [0.3, 0.4) is 0 Å². The van der Waals surface area contributed by atoms with Gasteiger partial charge >= 0.3 is 23.9 Å². The van der Waals surface area contributed by atoms with Crippen molar-refractivity contribution in [2.45, 2.75) is 73.1 Å². The molecule has 38 heavy (non-hydrogen) atoms. The quantitative estimate of drug-likeness (QED) is 0.0688. The number of oxime groups is 2. The van der Waals surface area contributed by atoms with Crippen molar-refractivity contribution in [1.82, 2.24) is 0 Å². The summed E-state index contributed by atoms with van der Waals surface area (Å²) in [7, 11) is 0. The lowest BCUT2D eigenvalue weighted by atomic mass is 10.1. The summed E-state index contributed by atoms with van der Waals surface area (Å²) in [5, 5.41) is 21.7. The highest BCUT2D eigenvalue weighted by atomic mass is 35.5. The van der Waals surface area contributed by atoms with Gasteiger partial charge < -0.3 is 36.1 Å². The molecule has 15 heteroatoms.